The van der Waals surface area contributed by atoms with Gasteiger partial charge in [-0.25, -0.2) is 19.4 Å². The lowest BCUT2D eigenvalue weighted by Crippen LogP contribution is -2.24. The Kier molecular flexibility index (Phi) is 3.13. The molecule has 7 heteroatoms. The van der Waals surface area contributed by atoms with Gasteiger partial charge >= 0.3 is 5.97 Å². The standard InChI is InChI=1S/C11H10N4O3/c1-7-5-15(8-3-12-6-13-4-8)14-9(10(7)16)11(17)18-2/h3-6H,1-2H3. The van der Waals surface area contributed by atoms with Crippen LogP contribution in [0, 0.1) is 6.92 Å². The second kappa shape index (κ2) is 4.74. The van der Waals surface area contributed by atoms with E-state index >= 15 is 0 Å². The Morgan fingerprint density at radius 2 is 2.00 bits per heavy atom. The second-order valence-electron chi connectivity index (χ2n) is 3.52. The molecule has 2 heterocycles. The summed E-state index contributed by atoms with van der Waals surface area (Å²) < 4.78 is 5.88. The molecular weight excluding hydrogens is 236 g/mol. The number of rotatable bonds is 2. The van der Waals surface area contributed by atoms with Crippen molar-refractivity contribution in [3.8, 4) is 5.69 Å². The van der Waals surface area contributed by atoms with E-state index in [4.69, 9.17) is 0 Å². The van der Waals surface area contributed by atoms with Gasteiger partial charge in [0.25, 0.3) is 0 Å². The van der Waals surface area contributed by atoms with Crippen LogP contribution in [0.25, 0.3) is 5.69 Å². The van der Waals surface area contributed by atoms with Crippen LogP contribution < -0.4 is 5.43 Å². The minimum Gasteiger partial charge on any atom is -0.464 e. The van der Waals surface area contributed by atoms with Gasteiger partial charge in [-0.2, -0.15) is 5.10 Å². The molecule has 0 atom stereocenters. The van der Waals surface area contributed by atoms with Gasteiger partial charge in [-0.15, -0.1) is 0 Å². The molecule has 0 saturated carbocycles. The van der Waals surface area contributed by atoms with Gasteiger partial charge in [0.15, 0.2) is 0 Å². The fraction of sp³-hybridized carbons (Fsp3) is 0.182. The Bertz CT molecular complexity index is 636. The first-order chi connectivity index (χ1) is 8.63. The van der Waals surface area contributed by atoms with Crippen molar-refractivity contribution < 1.29 is 9.53 Å². The zero-order valence-electron chi connectivity index (χ0n) is 9.82. The average molecular weight is 246 g/mol. The summed E-state index contributed by atoms with van der Waals surface area (Å²) in [6, 6.07) is 0. The van der Waals surface area contributed by atoms with E-state index < -0.39 is 11.4 Å². The van der Waals surface area contributed by atoms with Crippen molar-refractivity contribution in [2.75, 3.05) is 7.11 Å². The molecule has 0 amide bonds. The van der Waals surface area contributed by atoms with Gasteiger partial charge in [0.2, 0.25) is 11.1 Å². The molecule has 0 unspecified atom stereocenters. The highest BCUT2D eigenvalue weighted by Gasteiger charge is 2.16. The third-order valence-corrected chi connectivity index (χ3v) is 2.29. The maximum absolute atomic E-state index is 11.7. The number of aromatic nitrogens is 4. The highest BCUT2D eigenvalue weighted by atomic mass is 16.5. The number of ether oxygens (including phenoxy) is 1. The molecule has 0 aliphatic rings. The third-order valence-electron chi connectivity index (χ3n) is 2.29. The van der Waals surface area contributed by atoms with Crippen molar-refractivity contribution in [3.05, 3.63) is 46.4 Å². The summed E-state index contributed by atoms with van der Waals surface area (Å²) in [5.41, 5.74) is 0.219. The summed E-state index contributed by atoms with van der Waals surface area (Å²) in [5.74, 6) is -0.769. The van der Waals surface area contributed by atoms with Crippen LogP contribution in [-0.2, 0) is 4.74 Å². The molecule has 0 N–H and O–H groups in total. The molecule has 0 spiro atoms. The minimum absolute atomic E-state index is 0.263. The molecule has 0 aliphatic carbocycles. The van der Waals surface area contributed by atoms with Crippen LogP contribution in [0.2, 0.25) is 0 Å². The van der Waals surface area contributed by atoms with Gasteiger partial charge < -0.3 is 4.74 Å². The zero-order chi connectivity index (χ0) is 13.1. The highest BCUT2D eigenvalue weighted by molar-refractivity contribution is 5.86. The third kappa shape index (κ3) is 2.10. The van der Waals surface area contributed by atoms with Crippen LogP contribution in [0.1, 0.15) is 16.1 Å². The predicted molar refractivity (Wildman–Crippen MR) is 61.5 cm³/mol. The summed E-state index contributed by atoms with van der Waals surface area (Å²) in [6.45, 7) is 1.59. The highest BCUT2D eigenvalue weighted by Crippen LogP contribution is 2.03. The first kappa shape index (κ1) is 11.9. The normalized spacial score (nSPS) is 10.1. The van der Waals surface area contributed by atoms with E-state index in [1.165, 1.54) is 36.7 Å². The molecule has 2 rings (SSSR count). The fourth-order valence-electron chi connectivity index (χ4n) is 1.38. The minimum atomic E-state index is -0.769. The molecule has 0 fully saturated rings. The first-order valence-corrected chi connectivity index (χ1v) is 5.07. The Morgan fingerprint density at radius 1 is 1.33 bits per heavy atom. The van der Waals surface area contributed by atoms with E-state index in [0.717, 1.165) is 0 Å². The van der Waals surface area contributed by atoms with Crippen LogP contribution in [-0.4, -0.2) is 32.8 Å². The largest absolute Gasteiger partial charge is 0.464 e. The summed E-state index contributed by atoms with van der Waals surface area (Å²) in [6.07, 6.45) is 5.92. The summed E-state index contributed by atoms with van der Waals surface area (Å²) in [4.78, 5) is 30.9. The lowest BCUT2D eigenvalue weighted by atomic mass is 10.2. The molecule has 2 aromatic heterocycles. The van der Waals surface area contributed by atoms with Gasteiger partial charge in [0.05, 0.1) is 19.5 Å². The first-order valence-electron chi connectivity index (χ1n) is 5.07. The van der Waals surface area contributed by atoms with Crippen molar-refractivity contribution in [2.24, 2.45) is 0 Å². The SMILES string of the molecule is COC(=O)c1nn(-c2cncnc2)cc(C)c1=O. The molecule has 0 radical (unpaired) electrons. The van der Waals surface area contributed by atoms with Crippen LogP contribution in [0.3, 0.4) is 0 Å². The van der Waals surface area contributed by atoms with Crippen molar-refractivity contribution in [3.63, 3.8) is 0 Å². The van der Waals surface area contributed by atoms with Gasteiger partial charge in [0, 0.05) is 11.8 Å². The lowest BCUT2D eigenvalue weighted by Gasteiger charge is -2.07. The van der Waals surface area contributed by atoms with E-state index in [1.807, 2.05) is 0 Å². The van der Waals surface area contributed by atoms with E-state index in [1.54, 1.807) is 6.92 Å². The number of carbonyl (C=O) groups excluding carboxylic acids is 1. The van der Waals surface area contributed by atoms with Crippen LogP contribution in [0.4, 0.5) is 0 Å². The number of methoxy groups -OCH3 is 1. The molecule has 92 valence electrons. The summed E-state index contributed by atoms with van der Waals surface area (Å²) in [7, 11) is 1.20. The van der Waals surface area contributed by atoms with Crippen LogP contribution >= 0.6 is 0 Å². The molecule has 0 bridgehead atoms. The average Bonchev–Trinajstić information content (AvgIpc) is 2.41. The van der Waals surface area contributed by atoms with Gasteiger partial charge in [0.1, 0.15) is 12.0 Å². The van der Waals surface area contributed by atoms with Crippen molar-refractivity contribution in [1.82, 2.24) is 19.7 Å². The number of hydrogen-bond donors (Lipinski definition) is 0. The molecule has 0 aromatic carbocycles. The molecule has 0 saturated heterocycles. The van der Waals surface area contributed by atoms with Crippen molar-refractivity contribution >= 4 is 5.97 Å². The molecule has 18 heavy (non-hydrogen) atoms. The molecule has 7 nitrogen and oxygen atoms in total. The smallest absolute Gasteiger partial charge is 0.362 e. The van der Waals surface area contributed by atoms with E-state index in [2.05, 4.69) is 19.8 Å². The Morgan fingerprint density at radius 3 is 2.61 bits per heavy atom. The number of esters is 1. The van der Waals surface area contributed by atoms with Gasteiger partial charge in [-0.05, 0) is 6.92 Å². The van der Waals surface area contributed by atoms with Gasteiger partial charge in [-0.1, -0.05) is 0 Å². The Hall–Kier alpha value is -2.57. The Balaban J connectivity index is 2.62. The fourth-order valence-corrected chi connectivity index (χ4v) is 1.38. The predicted octanol–water partition coefficient (Wildman–Crippen LogP) is 0.118. The number of carbonyl (C=O) groups is 1. The monoisotopic (exact) mass is 246 g/mol. The van der Waals surface area contributed by atoms with Crippen molar-refractivity contribution in [2.45, 2.75) is 6.92 Å². The lowest BCUT2D eigenvalue weighted by molar-refractivity contribution is 0.0590. The number of nitrogens with zero attached hydrogens (tertiary/aromatic N) is 4. The van der Waals surface area contributed by atoms with Gasteiger partial charge in [-0.3, -0.25) is 4.79 Å². The topological polar surface area (TPSA) is 87.0 Å². The summed E-state index contributed by atoms with van der Waals surface area (Å²) in [5, 5.41) is 3.92. The number of aryl methyl sites for hydroxylation is 1. The van der Waals surface area contributed by atoms with Crippen LogP contribution in [0.5, 0.6) is 0 Å². The maximum atomic E-state index is 11.7. The summed E-state index contributed by atoms with van der Waals surface area (Å²) >= 11 is 0. The Labute approximate surface area is 102 Å². The maximum Gasteiger partial charge on any atom is 0.362 e. The number of hydrogen-bond acceptors (Lipinski definition) is 6. The molecule has 2 aromatic rings. The quantitative estimate of drug-likeness (QED) is 0.699. The van der Waals surface area contributed by atoms with Crippen molar-refractivity contribution in [1.29, 1.82) is 0 Å². The zero-order valence-corrected chi connectivity index (χ0v) is 9.82. The second-order valence-corrected chi connectivity index (χ2v) is 3.52. The van der Waals surface area contributed by atoms with E-state index in [0.29, 0.717) is 11.3 Å². The van der Waals surface area contributed by atoms with E-state index in [9.17, 15) is 9.59 Å². The van der Waals surface area contributed by atoms with Crippen LogP contribution in [0.15, 0.2) is 29.7 Å². The molecule has 0 aliphatic heterocycles. The van der Waals surface area contributed by atoms with E-state index in [-0.39, 0.29) is 5.69 Å². The molecular formula is C11H10N4O3.